The molecule has 0 aliphatic carbocycles. The fourth-order valence-electron chi connectivity index (χ4n) is 2.36. The standard InChI is InChI=1S/C15H15F2NO4/c1-2-22-14(21)15(17,8-5-9-16)18-12(19)10-6-3-4-7-11(10)13(18)20/h3-4,6-7H,2,5,8-9H2,1H3. The third-order valence-electron chi connectivity index (χ3n) is 3.38. The van der Waals surface area contributed by atoms with Gasteiger partial charge in [-0.25, -0.2) is 14.1 Å². The maximum Gasteiger partial charge on any atom is 0.365 e. The van der Waals surface area contributed by atoms with Gasteiger partial charge in [0.2, 0.25) is 0 Å². The minimum Gasteiger partial charge on any atom is -0.462 e. The summed E-state index contributed by atoms with van der Waals surface area (Å²) in [6, 6.07) is 5.80. The van der Waals surface area contributed by atoms with Crippen molar-refractivity contribution in [2.75, 3.05) is 13.3 Å². The molecule has 1 aromatic carbocycles. The average molecular weight is 311 g/mol. The summed E-state index contributed by atoms with van der Waals surface area (Å²) in [4.78, 5) is 36.8. The van der Waals surface area contributed by atoms with Gasteiger partial charge in [-0.1, -0.05) is 12.1 Å². The fraction of sp³-hybridized carbons (Fsp3) is 0.400. The van der Waals surface area contributed by atoms with Gasteiger partial charge in [0.15, 0.2) is 0 Å². The summed E-state index contributed by atoms with van der Waals surface area (Å²) in [6.07, 6.45) is -0.962. The number of benzene rings is 1. The summed E-state index contributed by atoms with van der Waals surface area (Å²) >= 11 is 0. The molecular formula is C15H15F2NO4. The Kier molecular flexibility index (Phi) is 4.54. The van der Waals surface area contributed by atoms with Crippen LogP contribution in [-0.2, 0) is 9.53 Å². The highest BCUT2D eigenvalue weighted by Crippen LogP contribution is 2.34. The smallest absolute Gasteiger partial charge is 0.365 e. The number of nitrogens with zero attached hydrogens (tertiary/aromatic N) is 1. The van der Waals surface area contributed by atoms with E-state index >= 15 is 4.39 Å². The van der Waals surface area contributed by atoms with Gasteiger partial charge >= 0.3 is 5.97 Å². The van der Waals surface area contributed by atoms with Crippen LogP contribution in [0.4, 0.5) is 8.78 Å². The number of fused-ring (bicyclic) bond motifs is 1. The molecule has 0 radical (unpaired) electrons. The van der Waals surface area contributed by atoms with Crippen LogP contribution in [0.3, 0.4) is 0 Å². The molecule has 0 saturated heterocycles. The van der Waals surface area contributed by atoms with Gasteiger partial charge in [-0.2, -0.15) is 0 Å². The molecule has 5 nitrogen and oxygen atoms in total. The number of imide groups is 1. The van der Waals surface area contributed by atoms with Crippen LogP contribution in [0, 0.1) is 0 Å². The Balaban J connectivity index is 2.43. The van der Waals surface area contributed by atoms with Gasteiger partial charge in [0.25, 0.3) is 17.6 Å². The Labute approximate surface area is 125 Å². The van der Waals surface area contributed by atoms with Crippen LogP contribution in [0.1, 0.15) is 40.5 Å². The second-order valence-corrected chi connectivity index (χ2v) is 4.76. The number of esters is 1. The van der Waals surface area contributed by atoms with Gasteiger partial charge in [-0.3, -0.25) is 14.0 Å². The number of hydrogen-bond acceptors (Lipinski definition) is 4. The van der Waals surface area contributed by atoms with Crippen molar-refractivity contribution in [1.29, 1.82) is 0 Å². The molecule has 0 spiro atoms. The van der Waals surface area contributed by atoms with Crippen molar-refractivity contribution in [3.8, 4) is 0 Å². The Morgan fingerprint density at radius 2 is 1.77 bits per heavy atom. The van der Waals surface area contributed by atoms with Gasteiger partial charge in [-0.15, -0.1) is 0 Å². The molecule has 0 bridgehead atoms. The van der Waals surface area contributed by atoms with Crippen LogP contribution in [0.5, 0.6) is 0 Å². The number of alkyl halides is 2. The molecule has 118 valence electrons. The largest absolute Gasteiger partial charge is 0.462 e. The molecule has 0 fully saturated rings. The first kappa shape index (κ1) is 16.1. The minimum absolute atomic E-state index is 0.0130. The number of halogens is 2. The molecule has 1 atom stereocenters. The normalized spacial score (nSPS) is 16.4. The van der Waals surface area contributed by atoms with E-state index in [1.165, 1.54) is 31.2 Å². The third kappa shape index (κ3) is 2.47. The lowest BCUT2D eigenvalue weighted by Gasteiger charge is -2.30. The molecule has 0 aromatic heterocycles. The first-order valence-electron chi connectivity index (χ1n) is 6.87. The van der Waals surface area contributed by atoms with E-state index < -0.39 is 36.7 Å². The second-order valence-electron chi connectivity index (χ2n) is 4.76. The lowest BCUT2D eigenvalue weighted by atomic mass is 10.1. The van der Waals surface area contributed by atoms with Crippen LogP contribution in [0.25, 0.3) is 0 Å². The van der Waals surface area contributed by atoms with Gasteiger partial charge in [0, 0.05) is 6.42 Å². The lowest BCUT2D eigenvalue weighted by Crippen LogP contribution is -2.54. The van der Waals surface area contributed by atoms with Crippen LogP contribution >= 0.6 is 0 Å². The maximum absolute atomic E-state index is 15.2. The number of hydrogen-bond donors (Lipinski definition) is 0. The Bertz CT molecular complexity index is 584. The van der Waals surface area contributed by atoms with Crippen molar-refractivity contribution in [3.63, 3.8) is 0 Å². The van der Waals surface area contributed by atoms with Crippen LogP contribution in [0.2, 0.25) is 0 Å². The van der Waals surface area contributed by atoms with E-state index in [4.69, 9.17) is 0 Å². The summed E-state index contributed by atoms with van der Waals surface area (Å²) in [5.41, 5.74) is 0.0261. The van der Waals surface area contributed by atoms with Crippen molar-refractivity contribution >= 4 is 17.8 Å². The molecule has 1 aromatic rings. The van der Waals surface area contributed by atoms with Crippen LogP contribution in [0.15, 0.2) is 24.3 Å². The van der Waals surface area contributed by atoms with E-state index in [0.717, 1.165) is 0 Å². The van der Waals surface area contributed by atoms with Gasteiger partial charge < -0.3 is 4.74 Å². The molecule has 2 amide bonds. The van der Waals surface area contributed by atoms with Crippen molar-refractivity contribution in [1.82, 2.24) is 4.90 Å². The molecule has 0 saturated carbocycles. The van der Waals surface area contributed by atoms with Crippen molar-refractivity contribution in [2.45, 2.75) is 25.6 Å². The molecule has 1 unspecified atom stereocenters. The predicted octanol–water partition coefficient (Wildman–Crippen LogP) is 2.26. The number of ether oxygens (including phenoxy) is 1. The summed E-state index contributed by atoms with van der Waals surface area (Å²) in [5.74, 6) is -6.21. The monoisotopic (exact) mass is 311 g/mol. The molecule has 0 N–H and O–H groups in total. The average Bonchev–Trinajstić information content (AvgIpc) is 2.77. The van der Waals surface area contributed by atoms with E-state index in [9.17, 15) is 18.8 Å². The van der Waals surface area contributed by atoms with E-state index in [2.05, 4.69) is 4.74 Å². The van der Waals surface area contributed by atoms with Gasteiger partial charge in [0.05, 0.1) is 24.4 Å². The zero-order chi connectivity index (χ0) is 16.3. The molecule has 22 heavy (non-hydrogen) atoms. The first-order valence-corrected chi connectivity index (χ1v) is 6.87. The SMILES string of the molecule is CCOC(=O)C(F)(CCCF)N1C(=O)c2ccccc2C1=O. The second kappa shape index (κ2) is 6.21. The lowest BCUT2D eigenvalue weighted by molar-refractivity contribution is -0.167. The van der Waals surface area contributed by atoms with E-state index in [1.54, 1.807) is 0 Å². The summed E-state index contributed by atoms with van der Waals surface area (Å²) in [5, 5.41) is 0. The van der Waals surface area contributed by atoms with Crippen molar-refractivity contribution in [2.24, 2.45) is 0 Å². The molecule has 7 heteroatoms. The molecule has 1 aliphatic heterocycles. The zero-order valence-electron chi connectivity index (χ0n) is 12.0. The minimum atomic E-state index is -3.00. The predicted molar refractivity (Wildman–Crippen MR) is 72.6 cm³/mol. The Hall–Kier alpha value is -2.31. The highest BCUT2D eigenvalue weighted by atomic mass is 19.1. The number of carbonyl (C=O) groups excluding carboxylic acids is 3. The van der Waals surface area contributed by atoms with E-state index in [-0.39, 0.29) is 29.1 Å². The summed E-state index contributed by atoms with van der Waals surface area (Å²) in [7, 11) is 0. The zero-order valence-corrected chi connectivity index (χ0v) is 12.0. The van der Waals surface area contributed by atoms with Crippen molar-refractivity contribution < 1.29 is 27.9 Å². The molecule has 2 rings (SSSR count). The summed E-state index contributed by atoms with van der Waals surface area (Å²) in [6.45, 7) is 0.466. The van der Waals surface area contributed by atoms with E-state index in [0.29, 0.717) is 0 Å². The molecule has 1 aliphatic rings. The third-order valence-corrected chi connectivity index (χ3v) is 3.38. The van der Waals surface area contributed by atoms with Gasteiger partial charge in [-0.05, 0) is 25.5 Å². The fourth-order valence-corrected chi connectivity index (χ4v) is 2.36. The maximum atomic E-state index is 15.2. The van der Waals surface area contributed by atoms with E-state index in [1.807, 2.05) is 0 Å². The number of amides is 2. The highest BCUT2D eigenvalue weighted by molar-refractivity contribution is 6.23. The summed E-state index contributed by atoms with van der Waals surface area (Å²) < 4.78 is 32.2. The highest BCUT2D eigenvalue weighted by Gasteiger charge is 2.55. The van der Waals surface area contributed by atoms with Gasteiger partial charge in [0.1, 0.15) is 0 Å². The Morgan fingerprint density at radius 3 is 2.23 bits per heavy atom. The topological polar surface area (TPSA) is 63.7 Å². The van der Waals surface area contributed by atoms with Crippen LogP contribution in [-0.4, -0.2) is 41.8 Å². The molecular weight excluding hydrogens is 296 g/mol. The first-order chi connectivity index (χ1) is 10.5. The van der Waals surface area contributed by atoms with Crippen LogP contribution < -0.4 is 0 Å². The number of carbonyl (C=O) groups is 3. The number of rotatable bonds is 6. The quantitative estimate of drug-likeness (QED) is 0.459. The molecule has 1 heterocycles. The Morgan fingerprint density at radius 1 is 1.23 bits per heavy atom. The van der Waals surface area contributed by atoms with Crippen molar-refractivity contribution in [3.05, 3.63) is 35.4 Å².